The number of para-hydroxylation sites is 1. The third-order valence-corrected chi connectivity index (χ3v) is 3.02. The van der Waals surface area contributed by atoms with Crippen LogP contribution in [0.1, 0.15) is 23.2 Å². The first-order chi connectivity index (χ1) is 8.27. The third kappa shape index (κ3) is 1.96. The van der Waals surface area contributed by atoms with Gasteiger partial charge in [0.15, 0.2) is 0 Å². The van der Waals surface area contributed by atoms with Crippen LogP contribution in [-0.4, -0.2) is 17.6 Å². The molecule has 1 amide bonds. The zero-order valence-electron chi connectivity index (χ0n) is 9.34. The average molecular weight is 259 g/mol. The van der Waals surface area contributed by atoms with Gasteiger partial charge in [-0.25, -0.2) is 0 Å². The molecule has 0 heterocycles. The summed E-state index contributed by atoms with van der Waals surface area (Å²) >= 11 is 0. The fraction of sp³-hybridized carbons (Fsp3) is 0.364. The molecule has 1 saturated carbocycles. The number of rotatable bonds is 3. The Balaban J connectivity index is 2.38. The quantitative estimate of drug-likeness (QED) is 0.725. The predicted octanol–water partition coefficient (Wildman–Crippen LogP) is 1.87. The minimum atomic E-state index is -4.38. The number of hydrogen-bond acceptors (Lipinski definition) is 3. The first-order valence-electron chi connectivity index (χ1n) is 5.30. The first-order valence-corrected chi connectivity index (χ1v) is 5.30. The number of amides is 1. The maximum Gasteiger partial charge on any atom is 0.411 e. The van der Waals surface area contributed by atoms with Gasteiger partial charge >= 0.3 is 6.18 Å². The number of carbonyl (C=O) groups excluding carboxylic acids is 1. The van der Waals surface area contributed by atoms with E-state index in [1.165, 1.54) is 18.2 Å². The largest absolute Gasteiger partial charge is 0.411 e. The van der Waals surface area contributed by atoms with E-state index >= 15 is 0 Å². The zero-order valence-corrected chi connectivity index (χ0v) is 9.34. The lowest BCUT2D eigenvalue weighted by atomic mass is 10.1. The maximum atomic E-state index is 12.8. The van der Waals surface area contributed by atoms with Crippen molar-refractivity contribution in [2.24, 2.45) is 5.73 Å². The van der Waals surface area contributed by atoms with Crippen LogP contribution < -0.4 is 16.8 Å². The van der Waals surface area contributed by atoms with Gasteiger partial charge in [0, 0.05) is 0 Å². The molecule has 0 unspecified atom stereocenters. The molecule has 98 valence electrons. The Morgan fingerprint density at radius 2 is 1.94 bits per heavy atom. The molecular formula is C11H12F3N3O. The third-order valence-electron chi connectivity index (χ3n) is 3.02. The number of alkyl halides is 3. The van der Waals surface area contributed by atoms with E-state index in [2.05, 4.69) is 5.32 Å². The number of halogens is 3. The topological polar surface area (TPSA) is 81.1 Å². The molecule has 1 fully saturated rings. The molecule has 0 radical (unpaired) electrons. The lowest BCUT2D eigenvalue weighted by Crippen LogP contribution is -2.39. The summed E-state index contributed by atoms with van der Waals surface area (Å²) in [5, 5.41) is 2.34. The lowest BCUT2D eigenvalue weighted by Gasteiger charge is -2.24. The Kier molecular flexibility index (Phi) is 2.64. The number of benzene rings is 1. The van der Waals surface area contributed by atoms with Crippen molar-refractivity contribution in [2.45, 2.75) is 24.6 Å². The van der Waals surface area contributed by atoms with Gasteiger partial charge in [-0.05, 0) is 25.0 Å². The first kappa shape index (κ1) is 12.5. The van der Waals surface area contributed by atoms with Crippen LogP contribution in [0.5, 0.6) is 0 Å². The highest BCUT2D eigenvalue weighted by atomic mass is 19.4. The van der Waals surface area contributed by atoms with Gasteiger partial charge in [0.2, 0.25) is 0 Å². The fourth-order valence-corrected chi connectivity index (χ4v) is 1.76. The smallest absolute Gasteiger partial charge is 0.397 e. The Morgan fingerprint density at radius 1 is 1.33 bits per heavy atom. The molecule has 1 aromatic carbocycles. The van der Waals surface area contributed by atoms with E-state index in [-0.39, 0.29) is 29.8 Å². The Labute approximate surface area is 101 Å². The molecule has 4 nitrogen and oxygen atoms in total. The summed E-state index contributed by atoms with van der Waals surface area (Å²) in [6.07, 6.45) is -4.46. The van der Waals surface area contributed by atoms with Crippen molar-refractivity contribution >= 4 is 17.3 Å². The van der Waals surface area contributed by atoms with Crippen molar-refractivity contribution in [3.05, 3.63) is 23.8 Å². The van der Waals surface area contributed by atoms with Crippen LogP contribution in [0.2, 0.25) is 0 Å². The van der Waals surface area contributed by atoms with Crippen LogP contribution in [0.25, 0.3) is 0 Å². The van der Waals surface area contributed by atoms with Gasteiger partial charge in [-0.2, -0.15) is 13.2 Å². The monoisotopic (exact) mass is 259 g/mol. The Bertz CT molecular complexity index is 495. The molecule has 0 spiro atoms. The summed E-state index contributed by atoms with van der Waals surface area (Å²) in [5.41, 5.74) is 8.73. The van der Waals surface area contributed by atoms with E-state index < -0.39 is 17.6 Å². The molecule has 0 aliphatic heterocycles. The van der Waals surface area contributed by atoms with Crippen LogP contribution >= 0.6 is 0 Å². The van der Waals surface area contributed by atoms with E-state index in [1.807, 2.05) is 0 Å². The number of nitrogens with two attached hydrogens (primary N) is 2. The molecule has 1 aliphatic carbocycles. The van der Waals surface area contributed by atoms with Crippen molar-refractivity contribution < 1.29 is 18.0 Å². The highest BCUT2D eigenvalue weighted by molar-refractivity contribution is 6.01. The van der Waals surface area contributed by atoms with Crippen molar-refractivity contribution in [1.82, 2.24) is 0 Å². The molecule has 0 saturated heterocycles. The van der Waals surface area contributed by atoms with E-state index in [1.54, 1.807) is 0 Å². The average Bonchev–Trinajstić information content (AvgIpc) is 3.00. The Morgan fingerprint density at radius 3 is 2.39 bits per heavy atom. The van der Waals surface area contributed by atoms with E-state index in [9.17, 15) is 18.0 Å². The minimum absolute atomic E-state index is 0.0366. The van der Waals surface area contributed by atoms with Crippen LogP contribution in [0.4, 0.5) is 24.5 Å². The fourth-order valence-electron chi connectivity index (χ4n) is 1.76. The van der Waals surface area contributed by atoms with E-state index in [0.717, 1.165) is 0 Å². The van der Waals surface area contributed by atoms with Crippen molar-refractivity contribution in [3.8, 4) is 0 Å². The normalized spacial score (nSPS) is 17.3. The number of carbonyl (C=O) groups is 1. The summed E-state index contributed by atoms with van der Waals surface area (Å²) in [6, 6.07) is 4.22. The summed E-state index contributed by atoms with van der Waals surface area (Å²) in [6.45, 7) is 0. The SMILES string of the molecule is NC(=O)c1cccc(N)c1NC1(C(F)(F)F)CC1. The number of anilines is 2. The Hall–Kier alpha value is -1.92. The number of primary amides is 1. The van der Waals surface area contributed by atoms with Gasteiger partial charge in [-0.3, -0.25) is 4.79 Å². The zero-order chi connectivity index (χ0) is 13.6. The van der Waals surface area contributed by atoms with Gasteiger partial charge in [0.1, 0.15) is 5.54 Å². The lowest BCUT2D eigenvalue weighted by molar-refractivity contribution is -0.151. The van der Waals surface area contributed by atoms with Crippen LogP contribution in [0, 0.1) is 0 Å². The highest BCUT2D eigenvalue weighted by Gasteiger charge is 2.63. The summed E-state index contributed by atoms with van der Waals surface area (Å²) in [7, 11) is 0. The van der Waals surface area contributed by atoms with Crippen LogP contribution in [0.15, 0.2) is 18.2 Å². The number of hydrogen-bond donors (Lipinski definition) is 3. The van der Waals surface area contributed by atoms with Gasteiger partial charge in [0.05, 0.1) is 16.9 Å². The molecule has 2 rings (SSSR count). The van der Waals surface area contributed by atoms with Gasteiger partial charge in [-0.1, -0.05) is 6.07 Å². The van der Waals surface area contributed by atoms with Crippen molar-refractivity contribution in [3.63, 3.8) is 0 Å². The van der Waals surface area contributed by atoms with E-state index in [4.69, 9.17) is 11.5 Å². The van der Waals surface area contributed by atoms with Gasteiger partial charge in [-0.15, -0.1) is 0 Å². The molecule has 0 bridgehead atoms. The van der Waals surface area contributed by atoms with Crippen molar-refractivity contribution in [1.29, 1.82) is 0 Å². The van der Waals surface area contributed by atoms with Gasteiger partial charge in [0.25, 0.3) is 5.91 Å². The summed E-state index contributed by atoms with van der Waals surface area (Å²) < 4.78 is 38.5. The van der Waals surface area contributed by atoms with Crippen molar-refractivity contribution in [2.75, 3.05) is 11.1 Å². The summed E-state index contributed by atoms with van der Waals surface area (Å²) in [5.74, 6) is -0.817. The van der Waals surface area contributed by atoms with Crippen LogP contribution in [0.3, 0.4) is 0 Å². The molecule has 0 aromatic heterocycles. The molecule has 5 N–H and O–H groups in total. The molecular weight excluding hydrogens is 247 g/mol. The molecule has 7 heteroatoms. The number of nitrogen functional groups attached to an aromatic ring is 1. The van der Waals surface area contributed by atoms with E-state index in [0.29, 0.717) is 0 Å². The second-order valence-electron chi connectivity index (χ2n) is 4.34. The predicted molar refractivity (Wildman–Crippen MR) is 61.0 cm³/mol. The molecule has 1 aromatic rings. The highest BCUT2D eigenvalue weighted by Crippen LogP contribution is 2.52. The standard InChI is InChI=1S/C11H12F3N3O/c12-11(13,14)10(4-5-10)17-8-6(9(16)18)2-1-3-7(8)15/h1-3,17H,4-5,15H2,(H2,16,18). The van der Waals surface area contributed by atoms with Crippen LogP contribution in [-0.2, 0) is 0 Å². The number of nitrogens with one attached hydrogen (secondary N) is 1. The second-order valence-corrected chi connectivity index (χ2v) is 4.34. The second kappa shape index (κ2) is 3.79. The minimum Gasteiger partial charge on any atom is -0.397 e. The molecule has 1 aliphatic rings. The summed E-state index contributed by atoms with van der Waals surface area (Å²) in [4.78, 5) is 11.2. The maximum absolute atomic E-state index is 12.8. The molecule has 18 heavy (non-hydrogen) atoms. The molecule has 0 atom stereocenters. The van der Waals surface area contributed by atoms with Gasteiger partial charge < -0.3 is 16.8 Å².